The van der Waals surface area contributed by atoms with Crippen molar-refractivity contribution in [2.45, 2.75) is 67.3 Å². The molecule has 0 radical (unpaired) electrons. The normalized spacial score (nSPS) is 12.8. The monoisotopic (exact) mass is 1390 g/mol. The van der Waals surface area contributed by atoms with Crippen molar-refractivity contribution < 1.29 is 96.0 Å². The highest BCUT2D eigenvalue weighted by molar-refractivity contribution is 7.92. The Morgan fingerprint density at radius 2 is 0.347 bits per heavy atom. The molecule has 2 unspecified atom stereocenters. The molecule has 0 bridgehead atoms. The largest absolute Gasteiger partial charge is 0.508 e. The van der Waals surface area contributed by atoms with Crippen LogP contribution in [-0.2, 0) is 49.2 Å². The van der Waals surface area contributed by atoms with Crippen LogP contribution in [0.2, 0.25) is 0 Å². The summed E-state index contributed by atoms with van der Waals surface area (Å²) in [7, 11) is -18.9. The molecule has 0 amide bonds. The number of benzene rings is 10. The van der Waals surface area contributed by atoms with Crippen LogP contribution in [0.15, 0.2) is 304 Å². The summed E-state index contributed by atoms with van der Waals surface area (Å²) in [5.74, 6) is 1.59. The average molecular weight is 1390 g/mol. The molecule has 0 heterocycles. The Labute approximate surface area is 549 Å². The molecule has 21 nitrogen and oxygen atoms in total. The third kappa shape index (κ3) is 18.3. The second-order valence-corrected chi connectivity index (χ2v) is 30.5. The zero-order chi connectivity index (χ0) is 67.8. The maximum atomic E-state index is 13.4. The molecule has 10 aromatic carbocycles. The topological polar surface area (TPSA) is 327 Å². The summed E-state index contributed by atoms with van der Waals surface area (Å²) in [5, 5.41) is 50.3. The second kappa shape index (κ2) is 31.0. The molecule has 10 rings (SSSR count). The Kier molecular flexibility index (Phi) is 22.7. The SMILES string of the molecule is O=S(=O)(c1ccc(O)cc1)c1ccc(OCC(O)COc2ccc(S(=O)(=O)c3ccc(OCC(O)COc4ccc(S(=O)(=O)c5ccc(OCC(O)COc6ccc(S(=O)(=O)c7ccc(O)cc7)cc6)cc5)cc4)cc3)cc2)cc1.O=S(=O)(c1ccccc1)c1ccccc1. The fraction of sp³-hybridized carbons (Fsp3) is 0.130. The molecule has 0 aliphatic carbocycles. The summed E-state index contributed by atoms with van der Waals surface area (Å²) in [6.07, 6.45) is -3.31. The number of phenolic OH excluding ortho intramolecular Hbond substituents is 2. The molecule has 0 aromatic heterocycles. The summed E-state index contributed by atoms with van der Waals surface area (Å²) >= 11 is 0. The van der Waals surface area contributed by atoms with Gasteiger partial charge in [-0.05, 0) is 218 Å². The van der Waals surface area contributed by atoms with E-state index >= 15 is 0 Å². The molecule has 2 atom stereocenters. The molecule has 0 saturated heterocycles. The number of rotatable bonds is 28. The third-order valence-electron chi connectivity index (χ3n) is 13.9. The number of aromatic hydroxyl groups is 2. The zero-order valence-corrected chi connectivity index (χ0v) is 54.1. The lowest BCUT2D eigenvalue weighted by Gasteiger charge is -2.15. The number of aliphatic hydroxyl groups is 3. The van der Waals surface area contributed by atoms with Crippen LogP contribution in [0.3, 0.4) is 0 Å². The van der Waals surface area contributed by atoms with Crippen LogP contribution in [-0.4, -0.2) is 126 Å². The highest BCUT2D eigenvalue weighted by Crippen LogP contribution is 2.30. The molecule has 0 aliphatic heterocycles. The molecule has 0 aliphatic rings. The van der Waals surface area contributed by atoms with Crippen LogP contribution >= 0.6 is 0 Å². The summed E-state index contributed by atoms with van der Waals surface area (Å²) in [5.41, 5.74) is 0. The lowest BCUT2D eigenvalue weighted by Crippen LogP contribution is -2.25. The van der Waals surface area contributed by atoms with Gasteiger partial charge in [-0.1, -0.05) is 36.4 Å². The van der Waals surface area contributed by atoms with Crippen LogP contribution in [0.5, 0.6) is 46.0 Å². The van der Waals surface area contributed by atoms with E-state index in [1.807, 2.05) is 0 Å². The van der Waals surface area contributed by atoms with Gasteiger partial charge in [0, 0.05) is 0 Å². The van der Waals surface area contributed by atoms with Crippen LogP contribution in [0.25, 0.3) is 0 Å². The van der Waals surface area contributed by atoms with E-state index in [2.05, 4.69) is 0 Å². The molecule has 26 heteroatoms. The van der Waals surface area contributed by atoms with E-state index < -0.39 is 67.5 Å². The van der Waals surface area contributed by atoms with Crippen molar-refractivity contribution in [3.63, 3.8) is 0 Å². The van der Waals surface area contributed by atoms with E-state index in [9.17, 15) is 67.6 Å². The molecule has 95 heavy (non-hydrogen) atoms. The summed E-state index contributed by atoms with van der Waals surface area (Å²) in [4.78, 5) is 0.623. The lowest BCUT2D eigenvalue weighted by molar-refractivity contribution is 0.0626. The van der Waals surface area contributed by atoms with Crippen LogP contribution < -0.4 is 28.4 Å². The molecular weight excluding hydrogens is 1330 g/mol. The van der Waals surface area contributed by atoms with Gasteiger partial charge in [0.1, 0.15) is 104 Å². The van der Waals surface area contributed by atoms with Crippen molar-refractivity contribution in [2.24, 2.45) is 0 Å². The minimum absolute atomic E-state index is 0.0139. The first-order valence-corrected chi connectivity index (χ1v) is 36.1. The number of hydrogen-bond acceptors (Lipinski definition) is 21. The quantitative estimate of drug-likeness (QED) is 0.0305. The van der Waals surface area contributed by atoms with E-state index in [1.54, 1.807) is 60.7 Å². The molecule has 494 valence electrons. The first kappa shape index (κ1) is 69.6. The fourth-order valence-electron chi connectivity index (χ4n) is 8.72. The minimum Gasteiger partial charge on any atom is -0.508 e. The van der Waals surface area contributed by atoms with E-state index in [1.165, 1.54) is 194 Å². The van der Waals surface area contributed by atoms with E-state index in [-0.39, 0.29) is 113 Å². The van der Waals surface area contributed by atoms with Gasteiger partial charge < -0.3 is 54.0 Å². The first-order chi connectivity index (χ1) is 45.4. The molecular formula is C69H62O21S5. The van der Waals surface area contributed by atoms with Crippen LogP contribution in [0, 0.1) is 0 Å². The smallest absolute Gasteiger partial charge is 0.206 e. The Hall–Kier alpha value is -9.77. The van der Waals surface area contributed by atoms with Gasteiger partial charge in [-0.3, -0.25) is 0 Å². The van der Waals surface area contributed by atoms with Crippen molar-refractivity contribution in [3.05, 3.63) is 255 Å². The van der Waals surface area contributed by atoms with Gasteiger partial charge in [0.25, 0.3) is 0 Å². The predicted octanol–water partition coefficient (Wildman–Crippen LogP) is 9.40. The summed E-state index contributed by atoms with van der Waals surface area (Å²) < 4.78 is 163. The van der Waals surface area contributed by atoms with Gasteiger partial charge in [-0.2, -0.15) is 0 Å². The van der Waals surface area contributed by atoms with E-state index in [4.69, 9.17) is 28.4 Å². The maximum Gasteiger partial charge on any atom is 0.206 e. The van der Waals surface area contributed by atoms with E-state index in [0.717, 1.165) is 0 Å². The fourth-order valence-corrected chi connectivity index (χ4v) is 15.1. The van der Waals surface area contributed by atoms with Gasteiger partial charge in [-0.25, -0.2) is 42.1 Å². The molecule has 5 N–H and O–H groups in total. The van der Waals surface area contributed by atoms with Gasteiger partial charge in [0.15, 0.2) is 0 Å². The summed E-state index contributed by atoms with van der Waals surface area (Å²) in [6.45, 7) is -1.20. The predicted molar refractivity (Wildman–Crippen MR) is 346 cm³/mol. The lowest BCUT2D eigenvalue weighted by atomic mass is 10.3. The Bertz CT molecular complexity index is 4430. The van der Waals surface area contributed by atoms with Crippen molar-refractivity contribution in [1.29, 1.82) is 0 Å². The van der Waals surface area contributed by atoms with E-state index in [0.29, 0.717) is 21.3 Å². The van der Waals surface area contributed by atoms with Crippen molar-refractivity contribution in [3.8, 4) is 46.0 Å². The maximum absolute atomic E-state index is 13.4. The van der Waals surface area contributed by atoms with Crippen molar-refractivity contribution in [2.75, 3.05) is 39.6 Å². The summed E-state index contributed by atoms with van der Waals surface area (Å²) in [6, 6.07) is 60.7. The second-order valence-electron chi connectivity index (χ2n) is 20.8. The van der Waals surface area contributed by atoms with Gasteiger partial charge in [0.2, 0.25) is 49.2 Å². The Morgan fingerprint density at radius 1 is 0.211 bits per heavy atom. The highest BCUT2D eigenvalue weighted by atomic mass is 32.2. The molecule has 10 aromatic rings. The zero-order valence-electron chi connectivity index (χ0n) is 50.0. The Morgan fingerprint density at radius 3 is 0.505 bits per heavy atom. The number of aliphatic hydroxyl groups excluding tert-OH is 3. The first-order valence-electron chi connectivity index (χ1n) is 28.7. The van der Waals surface area contributed by atoms with Gasteiger partial charge in [-0.15, -0.1) is 0 Å². The highest BCUT2D eigenvalue weighted by Gasteiger charge is 2.23. The Balaban J connectivity index is 0.000000618. The number of sulfone groups is 5. The number of phenols is 2. The number of ether oxygens (including phenoxy) is 6. The van der Waals surface area contributed by atoms with Gasteiger partial charge >= 0.3 is 0 Å². The molecule has 0 spiro atoms. The minimum atomic E-state index is -3.96. The van der Waals surface area contributed by atoms with Crippen molar-refractivity contribution in [1.82, 2.24) is 0 Å². The molecule has 0 saturated carbocycles. The van der Waals surface area contributed by atoms with Crippen molar-refractivity contribution >= 4 is 49.2 Å². The number of hydrogen-bond donors (Lipinski definition) is 5. The third-order valence-corrected chi connectivity index (χ3v) is 22.8. The van der Waals surface area contributed by atoms with Gasteiger partial charge in [0.05, 0.1) is 49.0 Å². The average Bonchev–Trinajstić information content (AvgIpc) is 0.865. The van der Waals surface area contributed by atoms with Crippen LogP contribution in [0.1, 0.15) is 0 Å². The van der Waals surface area contributed by atoms with Crippen LogP contribution in [0.4, 0.5) is 0 Å². The standard InChI is InChI=1S/C57H52O19S4.C12H10O2S/c58-39-1-17-50(18-2-39)77(63,64)52-21-5-44(6-22-52)71-33-41(60)35-73-46-9-25-54(26-10-46)79(67,68)56-29-13-48(14-30-56)75-37-43(62)38-76-49-15-31-57(32-16-49)80(69,70)55-27-11-47(12-28-55)74-36-42(61)34-72-45-7-23-53(24-8-45)78(65,66)51-19-3-40(59)4-20-51;13-15(14,11-7-3-1-4-8-11)12-9-5-2-6-10-12/h1-32,41-43,58-62H,33-38H2;1-10H. The molecule has 0 fully saturated rings.